The number of thiophene rings is 1. The molecule has 1 aromatic heterocycles. The number of rotatable bonds is 3. The molecule has 1 aliphatic rings. The molecule has 128 valence electrons. The highest BCUT2D eigenvalue weighted by Crippen LogP contribution is 2.30. The standard InChI is InChI=1S/C15H19F3N2O2S/c1-7-6-11(9(3)23-7)8(2)19-13(21)10-4-5-12(15(16,17)18)20-14(10)22/h6,8,10,12H,4-5H2,1-3H3,(H,19,21)(H,20,22)/t8-,10+,12+/m0/s1. The molecule has 0 radical (unpaired) electrons. The SMILES string of the molecule is Cc1cc([C@H](C)NC(=O)[C@H]2CC[C@H](C(F)(F)F)NC2=O)c(C)s1. The molecule has 1 aliphatic heterocycles. The van der Waals surface area contributed by atoms with E-state index in [0.717, 1.165) is 15.3 Å². The predicted molar refractivity (Wildman–Crippen MR) is 81.1 cm³/mol. The normalized spacial score (nSPS) is 23.3. The van der Waals surface area contributed by atoms with E-state index in [0.29, 0.717) is 0 Å². The van der Waals surface area contributed by atoms with Gasteiger partial charge in [0.15, 0.2) is 0 Å². The number of carbonyl (C=O) groups excluding carboxylic acids is 2. The molecule has 0 saturated carbocycles. The zero-order chi connectivity index (χ0) is 17.4. The summed E-state index contributed by atoms with van der Waals surface area (Å²) >= 11 is 1.61. The molecule has 2 N–H and O–H groups in total. The first-order valence-corrected chi connectivity index (χ1v) is 8.15. The van der Waals surface area contributed by atoms with Gasteiger partial charge in [0.25, 0.3) is 0 Å². The van der Waals surface area contributed by atoms with Gasteiger partial charge < -0.3 is 10.6 Å². The molecule has 3 atom stereocenters. The first-order chi connectivity index (χ1) is 10.6. The lowest BCUT2D eigenvalue weighted by Gasteiger charge is -2.30. The highest BCUT2D eigenvalue weighted by molar-refractivity contribution is 7.12. The molecule has 0 aliphatic carbocycles. The van der Waals surface area contributed by atoms with Crippen LogP contribution in [-0.4, -0.2) is 24.0 Å². The summed E-state index contributed by atoms with van der Waals surface area (Å²) in [6.07, 6.45) is -4.86. The Balaban J connectivity index is 1.99. The number of hydrogen-bond acceptors (Lipinski definition) is 3. The third kappa shape index (κ3) is 4.04. The Morgan fingerprint density at radius 2 is 2.04 bits per heavy atom. The number of nitrogens with one attached hydrogen (secondary N) is 2. The largest absolute Gasteiger partial charge is 0.408 e. The van der Waals surface area contributed by atoms with Crippen LogP contribution in [0, 0.1) is 19.8 Å². The second-order valence-corrected chi connectivity index (χ2v) is 7.29. The molecule has 0 aromatic carbocycles. The van der Waals surface area contributed by atoms with Crippen LogP contribution in [0.4, 0.5) is 13.2 Å². The average molecular weight is 348 g/mol. The average Bonchev–Trinajstić information content (AvgIpc) is 2.76. The zero-order valence-corrected chi connectivity index (χ0v) is 13.9. The summed E-state index contributed by atoms with van der Waals surface area (Å²) in [4.78, 5) is 26.2. The van der Waals surface area contributed by atoms with Crippen LogP contribution in [0.1, 0.15) is 41.1 Å². The van der Waals surface area contributed by atoms with Crippen LogP contribution in [0.5, 0.6) is 0 Å². The summed E-state index contributed by atoms with van der Waals surface area (Å²) in [5, 5.41) is 4.62. The van der Waals surface area contributed by atoms with Crippen molar-refractivity contribution in [3.63, 3.8) is 0 Å². The Bertz CT molecular complexity index is 612. The van der Waals surface area contributed by atoms with Crippen molar-refractivity contribution in [2.45, 2.75) is 51.9 Å². The monoisotopic (exact) mass is 348 g/mol. The van der Waals surface area contributed by atoms with Gasteiger partial charge in [0.05, 0.1) is 6.04 Å². The van der Waals surface area contributed by atoms with E-state index in [1.165, 1.54) is 0 Å². The maximum Gasteiger partial charge on any atom is 0.408 e. The topological polar surface area (TPSA) is 58.2 Å². The van der Waals surface area contributed by atoms with Gasteiger partial charge in [0, 0.05) is 9.75 Å². The van der Waals surface area contributed by atoms with Gasteiger partial charge in [-0.2, -0.15) is 13.2 Å². The number of alkyl halides is 3. The number of halogens is 3. The van der Waals surface area contributed by atoms with E-state index >= 15 is 0 Å². The number of piperidine rings is 1. The van der Waals surface area contributed by atoms with Gasteiger partial charge >= 0.3 is 6.18 Å². The fourth-order valence-corrected chi connectivity index (χ4v) is 3.80. The van der Waals surface area contributed by atoms with E-state index in [1.807, 2.05) is 25.2 Å². The number of carbonyl (C=O) groups is 2. The molecular formula is C15H19F3N2O2S. The summed E-state index contributed by atoms with van der Waals surface area (Å²) in [7, 11) is 0. The number of hydrogen-bond donors (Lipinski definition) is 2. The molecule has 0 unspecified atom stereocenters. The smallest absolute Gasteiger partial charge is 0.349 e. The van der Waals surface area contributed by atoms with Gasteiger partial charge in [-0.1, -0.05) is 0 Å². The second-order valence-electron chi connectivity index (χ2n) is 5.83. The molecule has 1 aromatic rings. The van der Waals surface area contributed by atoms with Crippen molar-refractivity contribution in [3.05, 3.63) is 21.4 Å². The zero-order valence-electron chi connectivity index (χ0n) is 13.1. The Labute approximate surface area is 136 Å². The molecule has 4 nitrogen and oxygen atoms in total. The Kier molecular flexibility index (Phi) is 5.03. The van der Waals surface area contributed by atoms with Crippen LogP contribution in [0.25, 0.3) is 0 Å². The van der Waals surface area contributed by atoms with E-state index in [9.17, 15) is 22.8 Å². The highest BCUT2D eigenvalue weighted by atomic mass is 32.1. The van der Waals surface area contributed by atoms with Gasteiger partial charge in [0.2, 0.25) is 11.8 Å². The minimum Gasteiger partial charge on any atom is -0.349 e. The van der Waals surface area contributed by atoms with Crippen molar-refractivity contribution in [1.29, 1.82) is 0 Å². The van der Waals surface area contributed by atoms with E-state index in [1.54, 1.807) is 18.3 Å². The number of aryl methyl sites for hydroxylation is 2. The first kappa shape index (κ1) is 17.8. The minimum atomic E-state index is -4.48. The summed E-state index contributed by atoms with van der Waals surface area (Å²) in [5.41, 5.74) is 0.963. The Hall–Kier alpha value is -1.57. The lowest BCUT2D eigenvalue weighted by atomic mass is 9.92. The number of amides is 2. The molecule has 2 rings (SSSR count). The van der Waals surface area contributed by atoms with E-state index in [4.69, 9.17) is 0 Å². The first-order valence-electron chi connectivity index (χ1n) is 7.34. The summed E-state index contributed by atoms with van der Waals surface area (Å²) in [5.74, 6) is -2.46. The summed E-state index contributed by atoms with van der Waals surface area (Å²) < 4.78 is 37.8. The maximum absolute atomic E-state index is 12.6. The van der Waals surface area contributed by atoms with Gasteiger partial charge in [-0.3, -0.25) is 9.59 Å². The third-order valence-electron chi connectivity index (χ3n) is 3.99. The van der Waals surface area contributed by atoms with Gasteiger partial charge in [0.1, 0.15) is 12.0 Å². The van der Waals surface area contributed by atoms with Gasteiger partial charge in [-0.15, -0.1) is 11.3 Å². The second kappa shape index (κ2) is 6.51. The van der Waals surface area contributed by atoms with E-state index < -0.39 is 30.0 Å². The van der Waals surface area contributed by atoms with Crippen molar-refractivity contribution in [1.82, 2.24) is 10.6 Å². The van der Waals surface area contributed by atoms with Crippen molar-refractivity contribution in [3.8, 4) is 0 Å². The predicted octanol–water partition coefficient (Wildman–Crippen LogP) is 3.00. The van der Waals surface area contributed by atoms with Gasteiger partial charge in [-0.05, 0) is 45.2 Å². The van der Waals surface area contributed by atoms with Gasteiger partial charge in [-0.25, -0.2) is 0 Å². The molecule has 0 bridgehead atoms. The summed E-state index contributed by atoms with van der Waals surface area (Å²) in [6, 6.07) is -0.190. The van der Waals surface area contributed by atoms with Crippen molar-refractivity contribution in [2.75, 3.05) is 0 Å². The van der Waals surface area contributed by atoms with Crippen molar-refractivity contribution < 1.29 is 22.8 Å². The van der Waals surface area contributed by atoms with E-state index in [2.05, 4.69) is 5.32 Å². The molecule has 0 spiro atoms. The molecule has 23 heavy (non-hydrogen) atoms. The van der Waals surface area contributed by atoms with Crippen molar-refractivity contribution >= 4 is 23.2 Å². The lowest BCUT2D eigenvalue weighted by molar-refractivity contribution is -0.171. The highest BCUT2D eigenvalue weighted by Gasteiger charge is 2.46. The van der Waals surface area contributed by atoms with Crippen LogP contribution < -0.4 is 10.6 Å². The lowest BCUT2D eigenvalue weighted by Crippen LogP contribution is -2.54. The molecule has 8 heteroatoms. The maximum atomic E-state index is 12.6. The van der Waals surface area contributed by atoms with Crippen LogP contribution in [-0.2, 0) is 9.59 Å². The van der Waals surface area contributed by atoms with Crippen LogP contribution in [0.3, 0.4) is 0 Å². The molecule has 1 saturated heterocycles. The minimum absolute atomic E-state index is 0.101. The third-order valence-corrected chi connectivity index (χ3v) is 4.97. The Morgan fingerprint density at radius 1 is 1.39 bits per heavy atom. The molecule has 2 heterocycles. The fraction of sp³-hybridized carbons (Fsp3) is 0.600. The van der Waals surface area contributed by atoms with E-state index in [-0.39, 0.29) is 18.9 Å². The van der Waals surface area contributed by atoms with Crippen LogP contribution >= 0.6 is 11.3 Å². The molecule has 2 amide bonds. The fourth-order valence-electron chi connectivity index (χ4n) is 2.78. The van der Waals surface area contributed by atoms with Crippen LogP contribution in [0.15, 0.2) is 6.07 Å². The Morgan fingerprint density at radius 3 is 2.52 bits per heavy atom. The quantitative estimate of drug-likeness (QED) is 0.825. The van der Waals surface area contributed by atoms with Crippen LogP contribution in [0.2, 0.25) is 0 Å². The van der Waals surface area contributed by atoms with Crippen molar-refractivity contribution in [2.24, 2.45) is 5.92 Å². The molecular weight excluding hydrogens is 329 g/mol. The molecule has 1 fully saturated rings. The summed E-state index contributed by atoms with van der Waals surface area (Å²) in [6.45, 7) is 5.70.